The minimum atomic E-state index is 1.04. The lowest BCUT2D eigenvalue weighted by Gasteiger charge is -2.18. The van der Waals surface area contributed by atoms with Gasteiger partial charge in [-0.1, -0.05) is 103 Å². The summed E-state index contributed by atoms with van der Waals surface area (Å²) in [5, 5.41) is 5.05. The molecule has 156 valence electrons. The summed E-state index contributed by atoms with van der Waals surface area (Å²) >= 11 is 0. The van der Waals surface area contributed by atoms with Crippen LogP contribution >= 0.6 is 0 Å². The summed E-state index contributed by atoms with van der Waals surface area (Å²) in [6.45, 7) is 2.13. The first kappa shape index (κ1) is 19.5. The molecule has 1 nitrogen and oxygen atoms in total. The Kier molecular flexibility index (Phi) is 4.74. The lowest BCUT2D eigenvalue weighted by Crippen LogP contribution is -1.93. The van der Waals surface area contributed by atoms with Gasteiger partial charge in [-0.25, -0.2) is 0 Å². The molecule has 0 N–H and O–H groups in total. The van der Waals surface area contributed by atoms with Crippen molar-refractivity contribution >= 4 is 21.5 Å². The van der Waals surface area contributed by atoms with Crippen LogP contribution in [0, 0.1) is 6.92 Å². The summed E-state index contributed by atoms with van der Waals surface area (Å²) < 4.78 is 0. The highest BCUT2D eigenvalue weighted by atomic mass is 14.7. The van der Waals surface area contributed by atoms with Crippen LogP contribution in [0.1, 0.15) is 5.56 Å². The van der Waals surface area contributed by atoms with Gasteiger partial charge in [-0.15, -0.1) is 0 Å². The van der Waals surface area contributed by atoms with Gasteiger partial charge in [-0.3, -0.25) is 4.98 Å². The first-order valence-corrected chi connectivity index (χ1v) is 11.3. The second kappa shape index (κ2) is 8.03. The third-order valence-corrected chi connectivity index (χ3v) is 6.43. The van der Waals surface area contributed by atoms with Crippen LogP contribution in [0.5, 0.6) is 0 Å². The van der Waals surface area contributed by atoms with Crippen molar-refractivity contribution in [3.63, 3.8) is 0 Å². The van der Waals surface area contributed by atoms with Crippen molar-refractivity contribution in [1.82, 2.24) is 4.98 Å². The number of benzene rings is 5. The maximum atomic E-state index is 4.70. The molecular formula is C32H23N. The summed E-state index contributed by atoms with van der Waals surface area (Å²) in [6, 6.07) is 41.2. The van der Waals surface area contributed by atoms with Crippen LogP contribution in [0.4, 0.5) is 0 Å². The van der Waals surface area contributed by atoms with Crippen molar-refractivity contribution in [3.8, 4) is 33.5 Å². The molecule has 1 heterocycles. The number of aryl methyl sites for hydroxylation is 1. The van der Waals surface area contributed by atoms with E-state index in [1.807, 2.05) is 12.3 Å². The zero-order chi connectivity index (χ0) is 22.2. The first-order valence-electron chi connectivity index (χ1n) is 11.3. The molecule has 0 aliphatic rings. The third kappa shape index (κ3) is 3.30. The molecule has 6 rings (SSSR count). The first-order chi connectivity index (χ1) is 16.3. The Bertz CT molecular complexity index is 1600. The van der Waals surface area contributed by atoms with E-state index in [-0.39, 0.29) is 0 Å². The Morgan fingerprint density at radius 1 is 0.455 bits per heavy atom. The standard InChI is InChI=1S/C32H23N/c1-22-11-10-20-33-32(22)25-18-19-28-29(21-25)31(24-14-6-3-7-15-24)27-17-9-8-16-26(27)30(28)23-12-4-2-5-13-23/h2-21H,1H3. The normalized spacial score (nSPS) is 11.2. The highest BCUT2D eigenvalue weighted by molar-refractivity contribution is 6.21. The van der Waals surface area contributed by atoms with Crippen molar-refractivity contribution in [2.75, 3.05) is 0 Å². The zero-order valence-corrected chi connectivity index (χ0v) is 18.5. The fourth-order valence-electron chi connectivity index (χ4n) is 4.95. The SMILES string of the molecule is Cc1cccnc1-c1ccc2c(-c3ccccc3)c3ccccc3c(-c3ccccc3)c2c1. The fourth-order valence-corrected chi connectivity index (χ4v) is 4.95. The van der Waals surface area contributed by atoms with Gasteiger partial charge in [0.15, 0.2) is 0 Å². The van der Waals surface area contributed by atoms with Gasteiger partial charge >= 0.3 is 0 Å². The molecule has 0 fully saturated rings. The highest BCUT2D eigenvalue weighted by Gasteiger charge is 2.17. The second-order valence-electron chi connectivity index (χ2n) is 8.46. The van der Waals surface area contributed by atoms with Crippen LogP contribution in [0.3, 0.4) is 0 Å². The molecule has 0 saturated carbocycles. The van der Waals surface area contributed by atoms with Gasteiger partial charge in [0.1, 0.15) is 0 Å². The summed E-state index contributed by atoms with van der Waals surface area (Å²) in [5.74, 6) is 0. The van der Waals surface area contributed by atoms with Crippen molar-refractivity contribution in [1.29, 1.82) is 0 Å². The molecule has 1 heteroatoms. The molecule has 6 aromatic rings. The molecule has 0 aliphatic carbocycles. The van der Waals surface area contributed by atoms with Gasteiger partial charge < -0.3 is 0 Å². The molecule has 0 spiro atoms. The molecular weight excluding hydrogens is 398 g/mol. The van der Waals surface area contributed by atoms with Crippen molar-refractivity contribution in [2.45, 2.75) is 6.92 Å². The Morgan fingerprint density at radius 2 is 1.00 bits per heavy atom. The van der Waals surface area contributed by atoms with Crippen LogP contribution in [0.25, 0.3) is 55.1 Å². The number of nitrogens with zero attached hydrogens (tertiary/aromatic N) is 1. The van der Waals surface area contributed by atoms with E-state index < -0.39 is 0 Å². The summed E-state index contributed by atoms with van der Waals surface area (Å²) in [7, 11) is 0. The summed E-state index contributed by atoms with van der Waals surface area (Å²) in [6.07, 6.45) is 1.88. The van der Waals surface area contributed by atoms with E-state index in [0.29, 0.717) is 0 Å². The molecule has 33 heavy (non-hydrogen) atoms. The summed E-state index contributed by atoms with van der Waals surface area (Å²) in [5.41, 5.74) is 8.39. The lowest BCUT2D eigenvalue weighted by atomic mass is 9.85. The number of rotatable bonds is 3. The van der Waals surface area contributed by atoms with E-state index in [9.17, 15) is 0 Å². The molecule has 0 bridgehead atoms. The lowest BCUT2D eigenvalue weighted by molar-refractivity contribution is 1.27. The van der Waals surface area contributed by atoms with Crippen LogP contribution in [0.15, 0.2) is 121 Å². The Balaban J connectivity index is 1.80. The Labute approximate surface area is 194 Å². The molecule has 0 amide bonds. The molecule has 0 unspecified atom stereocenters. The minimum absolute atomic E-state index is 1.04. The van der Waals surface area contributed by atoms with Crippen molar-refractivity contribution in [2.24, 2.45) is 0 Å². The Hall–Kier alpha value is -4.23. The van der Waals surface area contributed by atoms with Gasteiger partial charge in [-0.2, -0.15) is 0 Å². The second-order valence-corrected chi connectivity index (χ2v) is 8.46. The maximum Gasteiger partial charge on any atom is 0.0731 e. The molecule has 5 aromatic carbocycles. The van der Waals surface area contributed by atoms with Crippen LogP contribution < -0.4 is 0 Å². The maximum absolute atomic E-state index is 4.70. The molecule has 0 saturated heterocycles. The number of fused-ring (bicyclic) bond motifs is 2. The largest absolute Gasteiger partial charge is 0.256 e. The quantitative estimate of drug-likeness (QED) is 0.260. The number of aromatic nitrogens is 1. The highest BCUT2D eigenvalue weighted by Crippen LogP contribution is 2.44. The summed E-state index contributed by atoms with van der Waals surface area (Å²) in [4.78, 5) is 4.70. The fraction of sp³-hybridized carbons (Fsp3) is 0.0312. The average molecular weight is 422 g/mol. The van der Waals surface area contributed by atoms with E-state index >= 15 is 0 Å². The number of hydrogen-bond acceptors (Lipinski definition) is 1. The smallest absolute Gasteiger partial charge is 0.0731 e. The van der Waals surface area contributed by atoms with Gasteiger partial charge in [-0.05, 0) is 68.4 Å². The Morgan fingerprint density at radius 3 is 1.61 bits per heavy atom. The monoisotopic (exact) mass is 421 g/mol. The number of hydrogen-bond donors (Lipinski definition) is 0. The topological polar surface area (TPSA) is 12.9 Å². The van der Waals surface area contributed by atoms with E-state index in [1.165, 1.54) is 49.4 Å². The predicted octanol–water partition coefficient (Wildman–Crippen LogP) is 8.70. The molecule has 1 aromatic heterocycles. The van der Waals surface area contributed by atoms with E-state index in [4.69, 9.17) is 4.98 Å². The van der Waals surface area contributed by atoms with Gasteiger partial charge in [0.2, 0.25) is 0 Å². The van der Waals surface area contributed by atoms with Crippen LogP contribution in [-0.2, 0) is 0 Å². The van der Waals surface area contributed by atoms with Crippen molar-refractivity contribution in [3.05, 3.63) is 127 Å². The van der Waals surface area contributed by atoms with Crippen LogP contribution in [-0.4, -0.2) is 4.98 Å². The zero-order valence-electron chi connectivity index (χ0n) is 18.5. The van der Waals surface area contributed by atoms with Gasteiger partial charge in [0, 0.05) is 11.8 Å². The minimum Gasteiger partial charge on any atom is -0.256 e. The van der Waals surface area contributed by atoms with Gasteiger partial charge in [0.05, 0.1) is 5.69 Å². The molecule has 0 atom stereocenters. The third-order valence-electron chi connectivity index (χ3n) is 6.43. The predicted molar refractivity (Wildman–Crippen MR) is 140 cm³/mol. The van der Waals surface area contributed by atoms with Crippen molar-refractivity contribution < 1.29 is 0 Å². The molecule has 0 radical (unpaired) electrons. The van der Waals surface area contributed by atoms with E-state index in [1.54, 1.807) is 0 Å². The average Bonchev–Trinajstić information content (AvgIpc) is 2.88. The number of pyridine rings is 1. The molecule has 0 aliphatic heterocycles. The van der Waals surface area contributed by atoms with Crippen LogP contribution in [0.2, 0.25) is 0 Å². The van der Waals surface area contributed by atoms with E-state index in [0.717, 1.165) is 11.3 Å². The van der Waals surface area contributed by atoms with E-state index in [2.05, 4.69) is 116 Å². The van der Waals surface area contributed by atoms with Gasteiger partial charge in [0.25, 0.3) is 0 Å².